The van der Waals surface area contributed by atoms with E-state index in [-0.39, 0.29) is 43.1 Å². The van der Waals surface area contributed by atoms with Gasteiger partial charge in [-0.15, -0.1) is 5.10 Å². The van der Waals surface area contributed by atoms with Crippen molar-refractivity contribution in [2.45, 2.75) is 0 Å². The fraction of sp³-hybridized carbons (Fsp3) is 0. The molecule has 17 heavy (non-hydrogen) atoms. The Kier molecular flexibility index (Phi) is 5.62. The number of rotatable bonds is 1. The summed E-state index contributed by atoms with van der Waals surface area (Å²) in [6.45, 7) is 0. The van der Waals surface area contributed by atoms with Crippen molar-refractivity contribution in [3.8, 4) is 11.3 Å². The summed E-state index contributed by atoms with van der Waals surface area (Å²) in [6.07, 6.45) is 0. The summed E-state index contributed by atoms with van der Waals surface area (Å²) in [4.78, 5) is 0. The summed E-state index contributed by atoms with van der Waals surface area (Å²) in [5.74, 6) is 0. The molecule has 1 heterocycles. The van der Waals surface area contributed by atoms with E-state index < -0.39 is 0 Å². The van der Waals surface area contributed by atoms with E-state index in [0.717, 1.165) is 11.3 Å². The number of hydrogen-bond donors (Lipinski definition) is 0. The molecule has 0 saturated carbocycles. The third-order valence-corrected chi connectivity index (χ3v) is 2.91. The second-order valence-corrected chi connectivity index (χ2v) is 3.96. The summed E-state index contributed by atoms with van der Waals surface area (Å²) >= 11 is 1.38. The van der Waals surface area contributed by atoms with Crippen LogP contribution >= 0.6 is 11.5 Å². The van der Waals surface area contributed by atoms with Crippen molar-refractivity contribution in [3.63, 3.8) is 0 Å². The number of hydrogen-bond acceptors (Lipinski definition) is 4. The minimum absolute atomic E-state index is 0. The molecule has 0 N–H and O–H groups in total. The molecule has 2 nitrogen and oxygen atoms in total. The molecule has 0 atom stereocenters. The Bertz CT molecular complexity index is 596. The van der Waals surface area contributed by atoms with E-state index in [4.69, 9.17) is 0 Å². The second-order valence-electron chi connectivity index (χ2n) is 3.35. The van der Waals surface area contributed by atoms with Crippen LogP contribution in [0.4, 0.5) is 0 Å². The fourth-order valence-corrected chi connectivity index (χ4v) is 2.10. The van der Waals surface area contributed by atoms with Crippen LogP contribution in [0.5, 0.6) is 0 Å². The van der Waals surface area contributed by atoms with Gasteiger partial charge in [0.25, 0.3) is 0 Å². The zero-order chi connectivity index (χ0) is 10.1. The van der Waals surface area contributed by atoms with Crippen molar-refractivity contribution in [2.75, 3.05) is 0 Å². The number of nitrogens with zero attached hydrogens (tertiary/aromatic N) is 2. The van der Waals surface area contributed by atoms with E-state index in [0.29, 0.717) is 0 Å². The molecule has 2 aromatic carbocycles. The maximum atomic E-state index is 4.06. The Morgan fingerprint density at radius 3 is 2.41 bits per heavy atom. The quantitative estimate of drug-likeness (QED) is 0.355. The van der Waals surface area contributed by atoms with Crippen LogP contribution < -0.4 is 29.6 Å². The van der Waals surface area contributed by atoms with Crippen molar-refractivity contribution in [2.24, 2.45) is 0 Å². The summed E-state index contributed by atoms with van der Waals surface area (Å²) in [5.41, 5.74) is 2.08. The number of thiol groups is 1. The van der Waals surface area contributed by atoms with Gasteiger partial charge >= 0.3 is 29.6 Å². The molecule has 0 aliphatic carbocycles. The number of benzene rings is 2. The molecule has 80 valence electrons. The standard InChI is InChI=1S/C12H8N2S.Na.H2S/c1-2-4-10-7-11(6-5-9(10)3-1)12-8-15-14-13-12;;/h1-8H;;1H2/q;+1;/p-1. The zero-order valence-corrected chi connectivity index (χ0v) is 13.1. The number of aromatic nitrogens is 2. The molecule has 0 aliphatic rings. The molecule has 0 fully saturated rings. The molecule has 0 radical (unpaired) electrons. The minimum atomic E-state index is 0. The Labute approximate surface area is 133 Å². The number of fused-ring (bicyclic) bond motifs is 1. The molecule has 5 heteroatoms. The van der Waals surface area contributed by atoms with Crippen molar-refractivity contribution in [1.29, 1.82) is 0 Å². The van der Waals surface area contributed by atoms with Gasteiger partial charge in [0.1, 0.15) is 5.69 Å². The van der Waals surface area contributed by atoms with Gasteiger partial charge in [-0.1, -0.05) is 40.9 Å². The average Bonchev–Trinajstić information content (AvgIpc) is 2.82. The molecule has 0 saturated heterocycles. The second kappa shape index (κ2) is 6.52. The third kappa shape index (κ3) is 3.09. The van der Waals surface area contributed by atoms with Crippen molar-refractivity contribution < 1.29 is 29.6 Å². The Hall–Kier alpha value is -0.390. The maximum Gasteiger partial charge on any atom is 1.00 e. The normalized spacial score (nSPS) is 9.41. The summed E-state index contributed by atoms with van der Waals surface area (Å²) in [5, 5.41) is 8.52. The molecule has 0 aliphatic heterocycles. The first kappa shape index (κ1) is 14.7. The van der Waals surface area contributed by atoms with Crippen LogP contribution in [-0.4, -0.2) is 9.59 Å². The van der Waals surface area contributed by atoms with Crippen LogP contribution in [0.2, 0.25) is 0 Å². The van der Waals surface area contributed by atoms with Gasteiger partial charge in [0, 0.05) is 10.9 Å². The minimum Gasteiger partial charge on any atom is -0.813 e. The molecule has 3 aromatic rings. The SMILES string of the molecule is [Na+].[SH-].c1ccc2cc(-c3csnn3)ccc2c1. The first-order chi connectivity index (χ1) is 7.43. The Morgan fingerprint density at radius 2 is 1.71 bits per heavy atom. The molecular weight excluding hydrogens is 259 g/mol. The van der Waals surface area contributed by atoms with Crippen LogP contribution in [0.3, 0.4) is 0 Å². The summed E-state index contributed by atoms with van der Waals surface area (Å²) in [7, 11) is 0. The summed E-state index contributed by atoms with van der Waals surface area (Å²) < 4.78 is 3.87. The van der Waals surface area contributed by atoms with Gasteiger partial charge in [-0.05, 0) is 28.4 Å². The molecule has 0 spiro atoms. The van der Waals surface area contributed by atoms with Crippen molar-refractivity contribution >= 4 is 35.8 Å². The first-order valence-corrected chi connectivity index (χ1v) is 5.53. The van der Waals surface area contributed by atoms with Crippen LogP contribution in [0.15, 0.2) is 47.8 Å². The van der Waals surface area contributed by atoms with Gasteiger partial charge in [-0.2, -0.15) is 0 Å². The molecule has 0 unspecified atom stereocenters. The van der Waals surface area contributed by atoms with Gasteiger partial charge in [-0.25, -0.2) is 0 Å². The van der Waals surface area contributed by atoms with Crippen molar-refractivity contribution in [3.05, 3.63) is 47.8 Å². The van der Waals surface area contributed by atoms with E-state index >= 15 is 0 Å². The van der Waals surface area contributed by atoms with Crippen LogP contribution in [0, 0.1) is 0 Å². The molecule has 1 aromatic heterocycles. The predicted octanol–water partition coefficient (Wildman–Crippen LogP) is 0.0922. The Balaban J connectivity index is 0.000000722. The van der Waals surface area contributed by atoms with E-state index in [1.807, 2.05) is 17.5 Å². The average molecular weight is 268 g/mol. The van der Waals surface area contributed by atoms with Crippen LogP contribution in [0.1, 0.15) is 0 Å². The van der Waals surface area contributed by atoms with Gasteiger partial charge in [0.15, 0.2) is 0 Å². The van der Waals surface area contributed by atoms with Crippen molar-refractivity contribution in [1.82, 2.24) is 9.59 Å². The monoisotopic (exact) mass is 268 g/mol. The smallest absolute Gasteiger partial charge is 0.813 e. The predicted molar refractivity (Wildman–Crippen MR) is 71.6 cm³/mol. The fourth-order valence-electron chi connectivity index (χ4n) is 1.64. The third-order valence-electron chi connectivity index (χ3n) is 2.41. The van der Waals surface area contributed by atoms with Gasteiger partial charge < -0.3 is 13.5 Å². The zero-order valence-electron chi connectivity index (χ0n) is 9.37. The van der Waals surface area contributed by atoms with Crippen LogP contribution in [-0.2, 0) is 13.5 Å². The van der Waals surface area contributed by atoms with Crippen LogP contribution in [0.25, 0.3) is 22.0 Å². The van der Waals surface area contributed by atoms with E-state index in [1.54, 1.807) is 0 Å². The molecule has 0 bridgehead atoms. The molecular formula is C12H9N2NaS2. The van der Waals surface area contributed by atoms with Gasteiger partial charge in [0.05, 0.1) is 0 Å². The molecule has 3 rings (SSSR count). The topological polar surface area (TPSA) is 25.8 Å². The van der Waals surface area contributed by atoms with E-state index in [9.17, 15) is 0 Å². The van der Waals surface area contributed by atoms with Gasteiger partial charge in [-0.3, -0.25) is 0 Å². The van der Waals surface area contributed by atoms with Gasteiger partial charge in [0.2, 0.25) is 0 Å². The van der Waals surface area contributed by atoms with E-state index in [2.05, 4.69) is 39.9 Å². The summed E-state index contributed by atoms with van der Waals surface area (Å²) in [6, 6.07) is 14.7. The Morgan fingerprint density at radius 1 is 0.941 bits per heavy atom. The van der Waals surface area contributed by atoms with E-state index in [1.165, 1.54) is 22.3 Å². The maximum absolute atomic E-state index is 4.06. The first-order valence-electron chi connectivity index (χ1n) is 4.70. The molecule has 0 amide bonds. The largest absolute Gasteiger partial charge is 1.00 e.